The van der Waals surface area contributed by atoms with Crippen LogP contribution in [0.4, 0.5) is 8.78 Å². The summed E-state index contributed by atoms with van der Waals surface area (Å²) in [7, 11) is 0. The maximum absolute atomic E-state index is 14.9. The zero-order valence-electron chi connectivity index (χ0n) is 9.77. The van der Waals surface area contributed by atoms with Crippen LogP contribution in [0.1, 0.15) is 32.3 Å². The molecule has 0 bridgehead atoms. The largest absolute Gasteiger partial charge is 0.238 e. The molecule has 1 unspecified atom stereocenters. The van der Waals surface area contributed by atoms with E-state index >= 15 is 0 Å². The van der Waals surface area contributed by atoms with Crippen LogP contribution in [0.5, 0.6) is 0 Å². The van der Waals surface area contributed by atoms with Gasteiger partial charge in [0.2, 0.25) is 5.95 Å². The summed E-state index contributed by atoms with van der Waals surface area (Å²) in [6.45, 7) is 3.95. The average molecular weight is 278 g/mol. The highest BCUT2D eigenvalue weighted by Gasteiger charge is 2.44. The van der Waals surface area contributed by atoms with Gasteiger partial charge in [-0.2, -0.15) is 16.2 Å². The van der Waals surface area contributed by atoms with E-state index in [1.54, 1.807) is 11.8 Å². The molecule has 1 nitrogen and oxygen atoms in total. The molecule has 2 heterocycles. The van der Waals surface area contributed by atoms with Crippen LogP contribution in [0.15, 0.2) is 12.3 Å². The van der Waals surface area contributed by atoms with Crippen LogP contribution in [-0.4, -0.2) is 15.5 Å². The molecule has 1 fully saturated rings. The van der Waals surface area contributed by atoms with E-state index in [-0.39, 0.29) is 21.8 Å². The Balaban J connectivity index is 2.40. The topological polar surface area (TPSA) is 12.9 Å². The molecule has 1 aliphatic heterocycles. The number of pyridine rings is 1. The van der Waals surface area contributed by atoms with Crippen molar-refractivity contribution in [1.29, 1.82) is 0 Å². The Kier molecular flexibility index (Phi) is 3.38. The predicted octanol–water partition coefficient (Wildman–Crippen LogP) is 4.34. The van der Waals surface area contributed by atoms with Gasteiger partial charge in [-0.3, -0.25) is 0 Å². The van der Waals surface area contributed by atoms with Crippen LogP contribution in [0, 0.1) is 5.95 Å². The second-order valence-corrected chi connectivity index (χ2v) is 7.23. The molecule has 17 heavy (non-hydrogen) atoms. The quantitative estimate of drug-likeness (QED) is 0.708. The Morgan fingerprint density at radius 2 is 2.18 bits per heavy atom. The smallest absolute Gasteiger partial charge is 0.219 e. The monoisotopic (exact) mass is 277 g/mol. The summed E-state index contributed by atoms with van der Waals surface area (Å²) in [6.07, 6.45) is 1.79. The summed E-state index contributed by atoms with van der Waals surface area (Å²) in [5, 5.41) is 0.273. The van der Waals surface area contributed by atoms with Crippen molar-refractivity contribution in [2.75, 3.05) is 5.75 Å². The fourth-order valence-electron chi connectivity index (χ4n) is 2.27. The van der Waals surface area contributed by atoms with Crippen molar-refractivity contribution < 1.29 is 8.78 Å². The number of rotatable bonds is 1. The van der Waals surface area contributed by atoms with Gasteiger partial charge in [-0.1, -0.05) is 25.4 Å². The lowest BCUT2D eigenvalue weighted by atomic mass is 9.85. The van der Waals surface area contributed by atoms with Crippen molar-refractivity contribution in [3.8, 4) is 0 Å². The van der Waals surface area contributed by atoms with E-state index in [1.807, 2.05) is 13.8 Å². The number of hydrogen-bond acceptors (Lipinski definition) is 2. The molecule has 0 saturated carbocycles. The zero-order chi connectivity index (χ0) is 12.7. The Morgan fingerprint density at radius 1 is 1.47 bits per heavy atom. The molecule has 0 N–H and O–H groups in total. The van der Waals surface area contributed by atoms with Gasteiger partial charge < -0.3 is 0 Å². The van der Waals surface area contributed by atoms with Crippen molar-refractivity contribution in [2.45, 2.75) is 37.1 Å². The Labute approximate surface area is 109 Å². The number of aromatic nitrogens is 1. The average Bonchev–Trinajstić information content (AvgIpc) is 2.19. The lowest BCUT2D eigenvalue weighted by Crippen LogP contribution is -2.36. The number of alkyl halides is 1. The van der Waals surface area contributed by atoms with Gasteiger partial charge in [-0.05, 0) is 24.7 Å². The van der Waals surface area contributed by atoms with Gasteiger partial charge in [0.25, 0.3) is 0 Å². The Hall–Kier alpha value is -0.350. The van der Waals surface area contributed by atoms with E-state index in [1.165, 1.54) is 12.3 Å². The van der Waals surface area contributed by atoms with Gasteiger partial charge >= 0.3 is 0 Å². The number of hydrogen-bond donors (Lipinski definition) is 0. The Morgan fingerprint density at radius 3 is 2.82 bits per heavy atom. The summed E-state index contributed by atoms with van der Waals surface area (Å²) in [6, 6.07) is 1.36. The molecular formula is C12H14ClF2NS. The first-order valence-electron chi connectivity index (χ1n) is 5.47. The summed E-state index contributed by atoms with van der Waals surface area (Å²) in [5.41, 5.74) is -1.66. The van der Waals surface area contributed by atoms with Crippen molar-refractivity contribution in [3.05, 3.63) is 28.8 Å². The van der Waals surface area contributed by atoms with Gasteiger partial charge in [0.1, 0.15) is 5.67 Å². The predicted molar refractivity (Wildman–Crippen MR) is 67.8 cm³/mol. The molecule has 0 spiro atoms. The first-order chi connectivity index (χ1) is 7.82. The molecule has 1 atom stereocenters. The van der Waals surface area contributed by atoms with E-state index in [0.29, 0.717) is 12.2 Å². The third-order valence-electron chi connectivity index (χ3n) is 2.99. The molecule has 5 heteroatoms. The first-order valence-corrected chi connectivity index (χ1v) is 6.83. The van der Waals surface area contributed by atoms with Gasteiger partial charge in [0.05, 0.1) is 5.02 Å². The van der Waals surface area contributed by atoms with E-state index in [9.17, 15) is 8.78 Å². The highest BCUT2D eigenvalue weighted by atomic mass is 35.5. The van der Waals surface area contributed by atoms with Crippen LogP contribution in [0.2, 0.25) is 5.02 Å². The normalized spacial score (nSPS) is 28.1. The van der Waals surface area contributed by atoms with Gasteiger partial charge in [0.15, 0.2) is 0 Å². The van der Waals surface area contributed by atoms with Crippen LogP contribution in [0.25, 0.3) is 0 Å². The molecule has 1 saturated heterocycles. The van der Waals surface area contributed by atoms with Crippen molar-refractivity contribution >= 4 is 23.4 Å². The van der Waals surface area contributed by atoms with Gasteiger partial charge in [0, 0.05) is 16.5 Å². The van der Waals surface area contributed by atoms with Crippen molar-refractivity contribution in [1.82, 2.24) is 4.98 Å². The number of thioether (sulfide) groups is 1. The van der Waals surface area contributed by atoms with Crippen LogP contribution in [-0.2, 0) is 5.67 Å². The highest BCUT2D eigenvalue weighted by Crippen LogP contribution is 2.48. The Bertz CT molecular complexity index is 439. The second kappa shape index (κ2) is 4.39. The molecule has 94 valence electrons. The third kappa shape index (κ3) is 2.74. The maximum Gasteiger partial charge on any atom is 0.219 e. The third-order valence-corrected chi connectivity index (χ3v) is 4.53. The molecular weight excluding hydrogens is 264 g/mol. The minimum atomic E-state index is -1.66. The molecule has 0 aliphatic carbocycles. The molecule has 1 aromatic heterocycles. The van der Waals surface area contributed by atoms with Crippen LogP contribution < -0.4 is 0 Å². The maximum atomic E-state index is 14.9. The van der Waals surface area contributed by atoms with Crippen LogP contribution in [0.3, 0.4) is 0 Å². The number of nitrogens with zero attached hydrogens (tertiary/aromatic N) is 1. The van der Waals surface area contributed by atoms with Gasteiger partial charge in [-0.15, -0.1) is 0 Å². The van der Waals surface area contributed by atoms with Crippen molar-refractivity contribution in [2.24, 2.45) is 0 Å². The van der Waals surface area contributed by atoms with E-state index in [0.717, 1.165) is 0 Å². The summed E-state index contributed by atoms with van der Waals surface area (Å²) in [4.78, 5) is 3.50. The minimum absolute atomic E-state index is 0.00150. The standard InChI is InChI=1S/C12H14ClF2NS/c1-11(2)7-12(15,3-4-17-11)9-5-8(13)6-16-10(9)14/h5-6H,3-4,7H2,1-2H3. The fraction of sp³-hybridized carbons (Fsp3) is 0.583. The molecule has 2 rings (SSSR count). The molecule has 1 aliphatic rings. The zero-order valence-corrected chi connectivity index (χ0v) is 11.3. The molecule has 1 aromatic rings. The molecule has 0 amide bonds. The second-order valence-electron chi connectivity index (χ2n) is 4.99. The molecule has 0 aromatic carbocycles. The number of halogens is 3. The van der Waals surface area contributed by atoms with E-state index in [2.05, 4.69) is 4.98 Å². The lowest BCUT2D eigenvalue weighted by Gasteiger charge is -2.39. The van der Waals surface area contributed by atoms with Crippen LogP contribution >= 0.6 is 23.4 Å². The summed E-state index contributed by atoms with van der Waals surface area (Å²) < 4.78 is 28.3. The van der Waals surface area contributed by atoms with Crippen molar-refractivity contribution in [3.63, 3.8) is 0 Å². The molecule has 0 radical (unpaired) electrons. The summed E-state index contributed by atoms with van der Waals surface area (Å²) >= 11 is 7.48. The highest BCUT2D eigenvalue weighted by molar-refractivity contribution is 8.00. The summed E-state index contributed by atoms with van der Waals surface area (Å²) in [5.74, 6) is -0.0743. The SMILES string of the molecule is CC1(C)CC(F)(c2cc(Cl)cnc2F)CCS1. The van der Waals surface area contributed by atoms with E-state index < -0.39 is 11.6 Å². The van der Waals surface area contributed by atoms with E-state index in [4.69, 9.17) is 11.6 Å². The minimum Gasteiger partial charge on any atom is -0.238 e. The lowest BCUT2D eigenvalue weighted by molar-refractivity contribution is 0.120. The first kappa shape index (κ1) is 13.1. The van der Waals surface area contributed by atoms with Gasteiger partial charge in [-0.25, -0.2) is 9.37 Å². The fourth-order valence-corrected chi connectivity index (χ4v) is 3.74.